The van der Waals surface area contributed by atoms with Crippen molar-refractivity contribution in [2.45, 2.75) is 39.2 Å². The van der Waals surface area contributed by atoms with Gasteiger partial charge in [0.25, 0.3) is 0 Å². The number of nitrogens with one attached hydrogen (secondary N) is 1. The lowest BCUT2D eigenvalue weighted by Crippen LogP contribution is -2.37. The Morgan fingerprint density at radius 2 is 2.17 bits per heavy atom. The smallest absolute Gasteiger partial charge is 0.249 e. The zero-order chi connectivity index (χ0) is 20.8. The molecule has 1 aliphatic carbocycles. The highest BCUT2D eigenvalue weighted by molar-refractivity contribution is 6.02. The summed E-state index contributed by atoms with van der Waals surface area (Å²) in [5.41, 5.74) is -0.783. The Labute approximate surface area is 181 Å². The minimum atomic E-state index is -0.935. The first-order chi connectivity index (χ1) is 13.8. The van der Waals surface area contributed by atoms with Crippen molar-refractivity contribution < 1.29 is 9.90 Å². The number of carbonyl (C=O) groups excluding carboxylic acids is 1. The molecule has 160 valence electrons. The van der Waals surface area contributed by atoms with Crippen LogP contribution in [-0.2, 0) is 10.3 Å². The van der Waals surface area contributed by atoms with Crippen molar-refractivity contribution in [1.29, 1.82) is 5.26 Å². The van der Waals surface area contributed by atoms with E-state index < -0.39 is 11.0 Å². The summed E-state index contributed by atoms with van der Waals surface area (Å²) in [4.78, 5) is 23.5. The fraction of sp³-hybridized carbons (Fsp3) is 0.550. The van der Waals surface area contributed by atoms with Gasteiger partial charge in [-0.25, -0.2) is 4.98 Å². The molecule has 30 heavy (non-hydrogen) atoms. The molecule has 1 amide bonds. The monoisotopic (exact) mass is 431 g/mol. The van der Waals surface area contributed by atoms with Crippen LogP contribution in [0.25, 0.3) is 0 Å². The standard InChI is InChI=1S/C20H25N7O2.ClH/c1-13-9-26(17(29)20(13,11-21)14-4-5-14)16-6-7-22-18(25-16)24-15-8-23-27(10-15)19(2,3)12-28;/h6-8,10,13-14,28H,4-5,9,12H2,1-3H3,(H,22,24,25);1H/t13-,20-;/m0./s1. The number of hydrogen-bond donors (Lipinski definition) is 2. The summed E-state index contributed by atoms with van der Waals surface area (Å²) in [6.07, 6.45) is 6.85. The number of aromatic nitrogens is 4. The zero-order valence-electron chi connectivity index (χ0n) is 17.2. The molecule has 9 nitrogen and oxygen atoms in total. The average Bonchev–Trinajstić information content (AvgIpc) is 3.38. The molecule has 2 aliphatic rings. The average molecular weight is 432 g/mol. The first-order valence-corrected chi connectivity index (χ1v) is 9.81. The van der Waals surface area contributed by atoms with Gasteiger partial charge < -0.3 is 10.4 Å². The van der Waals surface area contributed by atoms with Gasteiger partial charge in [0.2, 0.25) is 11.9 Å². The maximum atomic E-state index is 13.2. The van der Waals surface area contributed by atoms with Crippen molar-refractivity contribution >= 4 is 35.8 Å². The van der Waals surface area contributed by atoms with E-state index in [2.05, 4.69) is 26.5 Å². The van der Waals surface area contributed by atoms with Crippen LogP contribution in [0.1, 0.15) is 33.6 Å². The van der Waals surface area contributed by atoms with Crippen molar-refractivity contribution in [3.05, 3.63) is 24.7 Å². The van der Waals surface area contributed by atoms with Gasteiger partial charge >= 0.3 is 0 Å². The number of nitrogens with zero attached hydrogens (tertiary/aromatic N) is 6. The molecule has 1 aliphatic heterocycles. The van der Waals surface area contributed by atoms with Gasteiger partial charge in [0.1, 0.15) is 11.2 Å². The fourth-order valence-electron chi connectivity index (χ4n) is 3.98. The molecule has 0 bridgehead atoms. The highest BCUT2D eigenvalue weighted by Crippen LogP contribution is 2.54. The lowest BCUT2D eigenvalue weighted by Gasteiger charge is -2.22. The summed E-state index contributed by atoms with van der Waals surface area (Å²) in [7, 11) is 0. The van der Waals surface area contributed by atoms with Crippen LogP contribution in [0.5, 0.6) is 0 Å². The zero-order valence-corrected chi connectivity index (χ0v) is 18.1. The van der Waals surface area contributed by atoms with Crippen molar-refractivity contribution in [2.75, 3.05) is 23.4 Å². The molecular weight excluding hydrogens is 406 g/mol. The summed E-state index contributed by atoms with van der Waals surface area (Å²) in [5, 5.41) is 26.7. The molecule has 2 atom stereocenters. The number of aliphatic hydroxyl groups excluding tert-OH is 1. The number of rotatable bonds is 6. The molecular formula is C20H26ClN7O2. The number of hydrogen-bond acceptors (Lipinski definition) is 7. The SMILES string of the molecule is C[C@H]1CN(c2ccnc(Nc3cnn(C(C)(C)CO)c3)n2)C(=O)[C@]1(C#N)C1CC1.Cl. The largest absolute Gasteiger partial charge is 0.394 e. The number of halogens is 1. The van der Waals surface area contributed by atoms with E-state index in [1.165, 1.54) is 0 Å². The number of carbonyl (C=O) groups is 1. The Balaban J connectivity index is 0.00000256. The van der Waals surface area contributed by atoms with Crippen LogP contribution >= 0.6 is 12.4 Å². The van der Waals surface area contributed by atoms with Crippen LogP contribution < -0.4 is 10.2 Å². The van der Waals surface area contributed by atoms with Crippen LogP contribution in [0.3, 0.4) is 0 Å². The van der Waals surface area contributed by atoms with Crippen LogP contribution in [0, 0.1) is 28.6 Å². The van der Waals surface area contributed by atoms with E-state index >= 15 is 0 Å². The molecule has 1 saturated carbocycles. The molecule has 2 aromatic rings. The van der Waals surface area contributed by atoms with Gasteiger partial charge in [-0.05, 0) is 38.7 Å². The van der Waals surface area contributed by atoms with Crippen molar-refractivity contribution in [3.8, 4) is 6.07 Å². The first-order valence-electron chi connectivity index (χ1n) is 9.81. The molecule has 2 aromatic heterocycles. The predicted molar refractivity (Wildman–Crippen MR) is 113 cm³/mol. The minimum absolute atomic E-state index is 0. The Morgan fingerprint density at radius 3 is 2.80 bits per heavy atom. The molecule has 0 aromatic carbocycles. The number of anilines is 3. The Kier molecular flexibility index (Phi) is 5.76. The maximum absolute atomic E-state index is 13.2. The van der Waals surface area contributed by atoms with E-state index in [0.717, 1.165) is 12.8 Å². The molecule has 2 N–H and O–H groups in total. The molecule has 0 unspecified atom stereocenters. The molecule has 0 spiro atoms. The van der Waals surface area contributed by atoms with E-state index in [4.69, 9.17) is 0 Å². The van der Waals surface area contributed by atoms with E-state index in [-0.39, 0.29) is 36.8 Å². The van der Waals surface area contributed by atoms with Crippen molar-refractivity contribution in [3.63, 3.8) is 0 Å². The van der Waals surface area contributed by atoms with E-state index in [1.54, 1.807) is 34.2 Å². The fourth-order valence-corrected chi connectivity index (χ4v) is 3.98. The second kappa shape index (κ2) is 7.85. The molecule has 3 heterocycles. The van der Waals surface area contributed by atoms with Gasteiger partial charge in [0, 0.05) is 24.9 Å². The molecule has 4 rings (SSSR count). The van der Waals surface area contributed by atoms with Gasteiger partial charge in [-0.15, -0.1) is 12.4 Å². The Hall–Kier alpha value is -2.70. The van der Waals surface area contributed by atoms with Gasteiger partial charge in [-0.3, -0.25) is 14.4 Å². The summed E-state index contributed by atoms with van der Waals surface area (Å²) >= 11 is 0. The lowest BCUT2D eigenvalue weighted by molar-refractivity contribution is -0.124. The third-order valence-corrected chi connectivity index (χ3v) is 6.00. The molecule has 2 fully saturated rings. The van der Waals surface area contributed by atoms with Crippen LogP contribution in [-0.4, -0.2) is 43.9 Å². The highest BCUT2D eigenvalue weighted by atomic mass is 35.5. The lowest BCUT2D eigenvalue weighted by atomic mass is 9.75. The summed E-state index contributed by atoms with van der Waals surface area (Å²) < 4.78 is 1.67. The van der Waals surface area contributed by atoms with Gasteiger partial charge in [-0.1, -0.05) is 6.92 Å². The summed E-state index contributed by atoms with van der Waals surface area (Å²) in [6, 6.07) is 4.02. The summed E-state index contributed by atoms with van der Waals surface area (Å²) in [6.45, 7) is 6.15. The van der Waals surface area contributed by atoms with Gasteiger partial charge in [0.15, 0.2) is 0 Å². The van der Waals surface area contributed by atoms with Gasteiger partial charge in [0.05, 0.1) is 30.1 Å². The summed E-state index contributed by atoms with van der Waals surface area (Å²) in [5.74, 6) is 0.778. The second-order valence-electron chi connectivity index (χ2n) is 8.58. The second-order valence-corrected chi connectivity index (χ2v) is 8.58. The third kappa shape index (κ3) is 3.50. The van der Waals surface area contributed by atoms with E-state index in [9.17, 15) is 15.2 Å². The minimum Gasteiger partial charge on any atom is -0.394 e. The molecule has 1 saturated heterocycles. The number of amides is 1. The van der Waals surface area contributed by atoms with E-state index in [0.29, 0.717) is 24.0 Å². The van der Waals surface area contributed by atoms with Crippen molar-refractivity contribution in [1.82, 2.24) is 19.7 Å². The predicted octanol–water partition coefficient (Wildman–Crippen LogP) is 2.47. The topological polar surface area (TPSA) is 120 Å². The normalized spacial score (nSPS) is 23.8. The molecule has 0 radical (unpaired) electrons. The molecule has 10 heteroatoms. The maximum Gasteiger partial charge on any atom is 0.249 e. The van der Waals surface area contributed by atoms with Crippen LogP contribution in [0.2, 0.25) is 0 Å². The number of aliphatic hydroxyl groups is 1. The highest BCUT2D eigenvalue weighted by Gasteiger charge is 2.61. The van der Waals surface area contributed by atoms with Crippen LogP contribution in [0.4, 0.5) is 17.5 Å². The Bertz CT molecular complexity index is 982. The van der Waals surface area contributed by atoms with Crippen molar-refractivity contribution in [2.24, 2.45) is 17.3 Å². The third-order valence-electron chi connectivity index (χ3n) is 6.00. The first kappa shape index (κ1) is 22.0. The van der Waals surface area contributed by atoms with E-state index in [1.807, 2.05) is 20.8 Å². The Morgan fingerprint density at radius 1 is 1.43 bits per heavy atom. The van der Waals surface area contributed by atoms with Crippen LogP contribution in [0.15, 0.2) is 24.7 Å². The van der Waals surface area contributed by atoms with Gasteiger partial charge in [-0.2, -0.15) is 15.3 Å². The number of nitriles is 1. The quantitative estimate of drug-likeness (QED) is 0.720.